The highest BCUT2D eigenvalue weighted by atomic mass is 16.8. The Balaban J connectivity index is 1.50. The van der Waals surface area contributed by atoms with E-state index in [0.717, 1.165) is 5.56 Å². The van der Waals surface area contributed by atoms with Crippen molar-refractivity contribution in [3.8, 4) is 0 Å². The van der Waals surface area contributed by atoms with Crippen LogP contribution in [-0.4, -0.2) is 177 Å². The van der Waals surface area contributed by atoms with Gasteiger partial charge in [-0.15, -0.1) is 0 Å². The summed E-state index contributed by atoms with van der Waals surface area (Å²) in [6.45, 7) is 22.2. The number of benzene rings is 1. The fraction of sp³-hybridized carbons (Fsp3) is 0.793. The van der Waals surface area contributed by atoms with Gasteiger partial charge in [-0.1, -0.05) is 84.0 Å². The Morgan fingerprint density at radius 2 is 1.46 bits per heavy atom. The highest BCUT2D eigenvalue weighted by Gasteiger charge is 2.58. The molecule has 5 heterocycles. The van der Waals surface area contributed by atoms with Gasteiger partial charge < -0.3 is 81.9 Å². The van der Waals surface area contributed by atoms with E-state index in [0.29, 0.717) is 0 Å². The normalized spacial score (nSPS) is 40.7. The maximum Gasteiger partial charge on any atom is 0.509 e. The molecule has 5 aliphatic heterocycles. The van der Waals surface area contributed by atoms with Gasteiger partial charge in [0.05, 0.1) is 54.7 Å². The van der Waals surface area contributed by atoms with Gasteiger partial charge in [0.2, 0.25) is 0 Å². The Morgan fingerprint density at radius 1 is 0.778 bits per heavy atom. The predicted molar refractivity (Wildman–Crippen MR) is 288 cm³/mol. The lowest BCUT2D eigenvalue weighted by Gasteiger charge is -2.46. The van der Waals surface area contributed by atoms with Crippen LogP contribution in [0.4, 0.5) is 9.59 Å². The largest absolute Gasteiger partial charge is 0.509 e. The minimum absolute atomic E-state index is 0.0161. The second-order valence-electron chi connectivity index (χ2n) is 23.8. The molecule has 0 aliphatic carbocycles. The van der Waals surface area contributed by atoms with E-state index in [1.807, 2.05) is 44.2 Å². The van der Waals surface area contributed by atoms with Crippen LogP contribution in [-0.2, 0) is 87.3 Å². The number of carbonyl (C=O) groups excluding carboxylic acids is 5. The number of alkyl carbamates (subject to hydrolysis) is 1. The standard InChI is InChI=1S/C58H90N2O21/c1-28(2)22-40(61)75-46-33(7)45(30(4)27-71-54-49(69-15)48(68-14)42(62)36(10)74-54)77-52(65)35(9)47(76-41-25-58(13)51(37(11)73-41)79-56(67)81-58)32(6)44(78-53-43(63)39(60-70-16)23-31(5)72-53)29(3)24-57(12,50(64)34(46)8)80-55(66)59-26-38-20-18-17-19-21-38/h17-21,28-37,41-49,51,53-54,62-63H,22-27H2,1-16H3,(H,59,66)/t29-,30?,31?,32+,33-,34+,35+,36+,37-,41-,42+,43+,44-,45+,46+,47-,48+,49+,51?,53-,54?,57-,58+/m0/s1. The van der Waals surface area contributed by atoms with Crippen molar-refractivity contribution < 1.29 is 101 Å². The van der Waals surface area contributed by atoms with E-state index in [-0.39, 0.29) is 50.5 Å². The molecule has 23 heteroatoms. The number of nitrogens with zero attached hydrogens (tertiary/aromatic N) is 1. The summed E-state index contributed by atoms with van der Waals surface area (Å²) < 4.78 is 81.1. The molecule has 5 aliphatic rings. The van der Waals surface area contributed by atoms with Crippen molar-refractivity contribution in [1.29, 1.82) is 0 Å². The molecule has 0 spiro atoms. The summed E-state index contributed by atoms with van der Waals surface area (Å²) in [7, 11) is 4.23. The number of nitrogens with one attached hydrogen (secondary N) is 1. The van der Waals surface area contributed by atoms with Crippen molar-refractivity contribution in [3.05, 3.63) is 35.9 Å². The summed E-state index contributed by atoms with van der Waals surface area (Å²) in [5.41, 5.74) is -2.19. The lowest BCUT2D eigenvalue weighted by Crippen LogP contribution is -2.59. The Hall–Kier alpha value is -4.56. The third-order valence-corrected chi connectivity index (χ3v) is 16.5. The Labute approximate surface area is 476 Å². The zero-order valence-corrected chi connectivity index (χ0v) is 49.9. The topological polar surface area (TPSA) is 279 Å². The molecule has 23 nitrogen and oxygen atoms in total. The molecule has 458 valence electrons. The fourth-order valence-corrected chi connectivity index (χ4v) is 12.3. The number of ether oxygens (including phenoxy) is 13. The van der Waals surface area contributed by atoms with Crippen LogP contribution in [0.5, 0.6) is 0 Å². The minimum atomic E-state index is -2.01. The van der Waals surface area contributed by atoms with Gasteiger partial charge in [-0.2, -0.15) is 0 Å². The quantitative estimate of drug-likeness (QED) is 0.0892. The number of cyclic esters (lactones) is 1. The number of amides is 1. The third kappa shape index (κ3) is 15.8. The van der Waals surface area contributed by atoms with Crippen molar-refractivity contribution >= 4 is 35.7 Å². The number of aliphatic hydroxyl groups is 2. The lowest BCUT2D eigenvalue weighted by molar-refractivity contribution is -0.305. The lowest BCUT2D eigenvalue weighted by atomic mass is 9.74. The number of aliphatic hydroxyl groups excluding tert-OH is 2. The molecule has 0 bridgehead atoms. The van der Waals surface area contributed by atoms with Crippen molar-refractivity contribution in [2.24, 2.45) is 46.6 Å². The second-order valence-corrected chi connectivity index (χ2v) is 23.8. The molecular weight excluding hydrogens is 1060 g/mol. The molecule has 23 atom stereocenters. The zero-order valence-electron chi connectivity index (χ0n) is 49.9. The van der Waals surface area contributed by atoms with Crippen molar-refractivity contribution in [1.82, 2.24) is 5.32 Å². The molecule has 0 saturated carbocycles. The summed E-state index contributed by atoms with van der Waals surface area (Å²) in [5.74, 6) is -8.05. The van der Waals surface area contributed by atoms with Crippen molar-refractivity contribution in [2.75, 3.05) is 27.9 Å². The van der Waals surface area contributed by atoms with E-state index < -0.39 is 169 Å². The summed E-state index contributed by atoms with van der Waals surface area (Å²) in [5, 5.41) is 29.6. The number of ketones is 1. The Morgan fingerprint density at radius 3 is 2.10 bits per heavy atom. The van der Waals surface area contributed by atoms with Crippen LogP contribution in [0.3, 0.4) is 0 Å². The maximum absolute atomic E-state index is 15.8. The fourth-order valence-electron chi connectivity index (χ4n) is 12.3. The first-order chi connectivity index (χ1) is 38.1. The molecule has 1 aromatic carbocycles. The van der Waals surface area contributed by atoms with Crippen LogP contribution in [0.15, 0.2) is 35.5 Å². The van der Waals surface area contributed by atoms with Gasteiger partial charge in [-0.25, -0.2) is 9.59 Å². The zero-order chi connectivity index (χ0) is 59.8. The molecule has 1 amide bonds. The summed E-state index contributed by atoms with van der Waals surface area (Å²) >= 11 is 0. The van der Waals surface area contributed by atoms with E-state index in [4.69, 9.17) is 66.4 Å². The monoisotopic (exact) mass is 1150 g/mol. The first-order valence-electron chi connectivity index (χ1n) is 28.4. The molecule has 0 aromatic heterocycles. The number of carbonyl (C=O) groups is 5. The highest BCUT2D eigenvalue weighted by molar-refractivity contribution is 5.91. The van der Waals surface area contributed by atoms with E-state index in [1.165, 1.54) is 28.3 Å². The van der Waals surface area contributed by atoms with Gasteiger partial charge >= 0.3 is 24.2 Å². The molecule has 81 heavy (non-hydrogen) atoms. The minimum Gasteiger partial charge on any atom is -0.461 e. The predicted octanol–water partition coefficient (Wildman–Crippen LogP) is 6.18. The number of methoxy groups -OCH3 is 2. The van der Waals surface area contributed by atoms with Crippen LogP contribution >= 0.6 is 0 Å². The average molecular weight is 1150 g/mol. The SMILES string of the molecule is CON=C1CC(C)O[C@@H](O[C@@H]2[C@@H](C)[C@H](O[C@H]3C[C@@]4(C)OC(=O)OC4[C@H](C)O3)[C@@H](C)C(=O)O[C@H](C(C)COC3O[C@H](C)[C@@H](O)[C@@H](OC)[C@H]3OC)[C@H](C)[C@@H](OC(=O)CC(C)C)[C@@H](C)C(=O)[C@@](C)(OC(=O)NCc3ccccc3)C[C@@H]2C)[C@@H]1O. The molecular formula is C58H90N2O21. The summed E-state index contributed by atoms with van der Waals surface area (Å²) in [4.78, 5) is 77.2. The number of esters is 2. The van der Waals surface area contributed by atoms with Crippen LogP contribution in [0.25, 0.3) is 0 Å². The average Bonchev–Trinajstić information content (AvgIpc) is 4.04. The van der Waals surface area contributed by atoms with E-state index in [2.05, 4.69) is 10.5 Å². The van der Waals surface area contributed by atoms with Crippen molar-refractivity contribution in [2.45, 2.75) is 226 Å². The summed E-state index contributed by atoms with van der Waals surface area (Å²) in [6.07, 6.45) is -17.2. The van der Waals surface area contributed by atoms with Crippen LogP contribution in [0, 0.1) is 41.4 Å². The Bertz CT molecular complexity index is 2290. The number of Topliss-reactive ketones (excluding diaryl/α,β-unsaturated/α-hetero) is 1. The van der Waals surface area contributed by atoms with Crippen LogP contribution in [0.2, 0.25) is 0 Å². The van der Waals surface area contributed by atoms with Crippen LogP contribution < -0.4 is 5.32 Å². The molecule has 4 unspecified atom stereocenters. The number of rotatable bonds is 17. The number of oxime groups is 1. The first-order valence-corrected chi connectivity index (χ1v) is 28.4. The van der Waals surface area contributed by atoms with Gasteiger partial charge in [-0.05, 0) is 65.4 Å². The molecule has 5 fully saturated rings. The molecule has 0 radical (unpaired) electrons. The first kappa shape index (κ1) is 65.6. The summed E-state index contributed by atoms with van der Waals surface area (Å²) in [6, 6.07) is 9.13. The van der Waals surface area contributed by atoms with Gasteiger partial charge in [0.15, 0.2) is 42.0 Å². The smallest absolute Gasteiger partial charge is 0.461 e. The van der Waals surface area contributed by atoms with Gasteiger partial charge in [0.25, 0.3) is 0 Å². The van der Waals surface area contributed by atoms with Gasteiger partial charge in [0.1, 0.15) is 43.7 Å². The molecule has 5 saturated heterocycles. The molecule has 1 aromatic rings. The van der Waals surface area contributed by atoms with E-state index >= 15 is 9.59 Å². The van der Waals surface area contributed by atoms with Crippen molar-refractivity contribution in [3.63, 3.8) is 0 Å². The maximum atomic E-state index is 15.8. The van der Waals surface area contributed by atoms with Gasteiger partial charge in [0, 0.05) is 57.8 Å². The third-order valence-electron chi connectivity index (χ3n) is 16.5. The molecule has 6 rings (SSSR count). The number of hydrogen-bond donors (Lipinski definition) is 3. The number of hydrogen-bond acceptors (Lipinski definition) is 22. The van der Waals surface area contributed by atoms with E-state index in [1.54, 1.807) is 69.2 Å². The second kappa shape index (κ2) is 28.3. The number of fused-ring (bicyclic) bond motifs is 1. The Kier molecular flexibility index (Phi) is 23.0. The van der Waals surface area contributed by atoms with Gasteiger partial charge in [-0.3, -0.25) is 14.4 Å². The van der Waals surface area contributed by atoms with E-state index in [9.17, 15) is 24.6 Å². The van der Waals surface area contributed by atoms with Crippen LogP contribution in [0.1, 0.15) is 121 Å². The highest BCUT2D eigenvalue weighted by Crippen LogP contribution is 2.44. The molecule has 3 N–H and O–H groups in total.